The fraction of sp³-hybridized carbons (Fsp3) is 0.242. The average Bonchev–Trinajstić information content (AvgIpc) is 3.78. The fourth-order valence-corrected chi connectivity index (χ4v) is 7.98. The van der Waals surface area contributed by atoms with Crippen LogP contribution < -0.4 is 4.98 Å². The zero-order valence-electron chi connectivity index (χ0n) is 43.3. The van der Waals surface area contributed by atoms with Gasteiger partial charge >= 0.3 is 25.8 Å². The summed E-state index contributed by atoms with van der Waals surface area (Å²) in [6.45, 7) is 39.0. The summed E-state index contributed by atoms with van der Waals surface area (Å²) >= 11 is 0. The molecule has 7 aromatic carbocycles. The molecule has 350 valence electrons. The molecule has 0 radical (unpaired) electrons. The Morgan fingerprint density at radius 1 is 0.348 bits per heavy atom. The van der Waals surface area contributed by atoms with Crippen molar-refractivity contribution in [2.45, 2.75) is 105 Å². The Morgan fingerprint density at radius 3 is 1.06 bits per heavy atom. The Hall–Kier alpha value is -6.03. The molecule has 2 heterocycles. The van der Waals surface area contributed by atoms with Gasteiger partial charge in [0.15, 0.2) is 0 Å². The maximum Gasteiger partial charge on any atom is 4.00 e. The molecule has 0 aliphatic heterocycles. The van der Waals surface area contributed by atoms with Gasteiger partial charge in [0, 0.05) is 11.9 Å². The third-order valence-electron chi connectivity index (χ3n) is 12.2. The number of hydrogen-bond acceptors (Lipinski definition) is 1. The number of pyridine rings is 1. The zero-order valence-corrected chi connectivity index (χ0v) is 46.9. The number of aromatic nitrogens is 2. The van der Waals surface area contributed by atoms with Crippen molar-refractivity contribution in [3.63, 3.8) is 0 Å². The number of rotatable bonds is 3. The number of nitrogens with zero attached hydrogens (tertiary/aromatic N) is 2. The van der Waals surface area contributed by atoms with Gasteiger partial charge in [-0.15, -0.1) is 47.8 Å². The van der Waals surface area contributed by atoms with E-state index in [4.69, 9.17) is 4.98 Å². The van der Waals surface area contributed by atoms with Crippen LogP contribution in [0.5, 0.6) is 0 Å². The first kappa shape index (κ1) is 53.9. The van der Waals surface area contributed by atoms with Crippen LogP contribution in [0.1, 0.15) is 122 Å². The van der Waals surface area contributed by atoms with Crippen LogP contribution in [-0.4, -0.2) is 4.98 Å². The van der Waals surface area contributed by atoms with E-state index in [9.17, 15) is 0 Å². The van der Waals surface area contributed by atoms with E-state index in [0.29, 0.717) is 0 Å². The van der Waals surface area contributed by atoms with Crippen LogP contribution in [0, 0.1) is 20.8 Å². The van der Waals surface area contributed by atoms with Crippen LogP contribution in [0.4, 0.5) is 0 Å². The molecular formula is C66H72HfN2. The van der Waals surface area contributed by atoms with E-state index >= 15 is 0 Å². The van der Waals surface area contributed by atoms with Crippen molar-refractivity contribution >= 4 is 21.5 Å². The fourth-order valence-electron chi connectivity index (χ4n) is 7.98. The van der Waals surface area contributed by atoms with Crippen molar-refractivity contribution in [2.75, 3.05) is 0 Å². The minimum atomic E-state index is 0. The van der Waals surface area contributed by atoms with Gasteiger partial charge < -0.3 is 4.98 Å². The van der Waals surface area contributed by atoms with Crippen LogP contribution >= 0.6 is 0 Å². The molecule has 0 saturated carbocycles. The first-order chi connectivity index (χ1) is 32.0. The van der Waals surface area contributed by atoms with Crippen molar-refractivity contribution in [3.8, 4) is 33.8 Å². The summed E-state index contributed by atoms with van der Waals surface area (Å²) < 4.78 is 0. The van der Waals surface area contributed by atoms with Gasteiger partial charge in [-0.3, -0.25) is 4.98 Å². The normalized spacial score (nSPS) is 11.5. The number of benzene rings is 7. The number of hydrogen-bond donors (Lipinski definition) is 0. The van der Waals surface area contributed by atoms with Crippen molar-refractivity contribution in [3.05, 3.63) is 242 Å². The standard InChI is InChI=1S/C45H51N2.3C7H7.Hf/c1-42(2,3)29-16-18-33-35(26-29)40(28-23-31(44(7,8)9)25-32(24-28)45(10,11)12)36-27-30(43(4,5)6)17-19-34(36)41(33)39-21-20-38(47-39)37-15-13-14-22-46-37;3*1-7-5-3-2-4-6-7;/h13-27H,1-12H3;3*2-6H,1H2;/q4*-1;+4. The third kappa shape index (κ3) is 14.3. The summed E-state index contributed by atoms with van der Waals surface area (Å²) in [6, 6.07) is 61.5. The summed E-state index contributed by atoms with van der Waals surface area (Å²) in [6.07, 6.45) is 1.84. The molecule has 2 nitrogen and oxygen atoms in total. The van der Waals surface area contributed by atoms with Crippen LogP contribution in [-0.2, 0) is 47.5 Å². The van der Waals surface area contributed by atoms with Crippen molar-refractivity contribution in [1.82, 2.24) is 9.97 Å². The minimum Gasteiger partial charge on any atom is -0.656 e. The predicted molar refractivity (Wildman–Crippen MR) is 296 cm³/mol. The van der Waals surface area contributed by atoms with E-state index in [1.54, 1.807) is 0 Å². The molecule has 0 aliphatic rings. The molecule has 0 N–H and O–H groups in total. The van der Waals surface area contributed by atoms with E-state index in [1.807, 2.05) is 115 Å². The molecule has 0 aliphatic carbocycles. The Morgan fingerprint density at radius 2 is 0.725 bits per heavy atom. The molecule has 0 amide bonds. The minimum absolute atomic E-state index is 0. The first-order valence-corrected chi connectivity index (χ1v) is 23.9. The smallest absolute Gasteiger partial charge is 0.656 e. The van der Waals surface area contributed by atoms with E-state index < -0.39 is 0 Å². The predicted octanol–water partition coefficient (Wildman–Crippen LogP) is 18.1. The van der Waals surface area contributed by atoms with Gasteiger partial charge in [-0.25, -0.2) is 0 Å². The molecule has 9 aromatic rings. The monoisotopic (exact) mass is 1070 g/mol. The molecule has 0 fully saturated rings. The Kier molecular flexibility index (Phi) is 17.7. The van der Waals surface area contributed by atoms with Crippen LogP contribution in [0.25, 0.3) is 55.3 Å². The topological polar surface area (TPSA) is 27.0 Å². The van der Waals surface area contributed by atoms with Gasteiger partial charge in [-0.2, -0.15) is 73.9 Å². The molecule has 2 aromatic heterocycles. The summed E-state index contributed by atoms with van der Waals surface area (Å²) in [7, 11) is 0. The van der Waals surface area contributed by atoms with Crippen LogP contribution in [0.15, 0.2) is 182 Å². The van der Waals surface area contributed by atoms with E-state index in [-0.39, 0.29) is 47.5 Å². The summed E-state index contributed by atoms with van der Waals surface area (Å²) in [5.74, 6) is 0. The molecule has 9 rings (SSSR count). The summed E-state index contributed by atoms with van der Waals surface area (Å²) in [4.78, 5) is 9.83. The second kappa shape index (κ2) is 22.6. The molecule has 3 heteroatoms. The molecule has 0 spiro atoms. The first-order valence-electron chi connectivity index (χ1n) is 23.9. The SMILES string of the molecule is CC(C)(C)c1cc(-c2c3cc(C(C)(C)C)ccc3c(-c3ccc(-c4ccccn4)[n-]3)c3ccc(C(C)(C)C)cc23)cc(C(C)(C)C)c1.[CH2-]c1ccccc1.[CH2-]c1ccccc1.[CH2-]c1ccccc1.[Hf+4]. The Bertz CT molecular complexity index is 2830. The molecule has 0 unspecified atom stereocenters. The van der Waals surface area contributed by atoms with Crippen molar-refractivity contribution in [1.29, 1.82) is 0 Å². The summed E-state index contributed by atoms with van der Waals surface area (Å²) in [5, 5.41) is 5.01. The van der Waals surface area contributed by atoms with E-state index in [0.717, 1.165) is 33.8 Å². The maximum atomic E-state index is 5.23. The van der Waals surface area contributed by atoms with Gasteiger partial charge in [-0.1, -0.05) is 162 Å². The molecule has 0 atom stereocenters. The number of fused-ring (bicyclic) bond motifs is 2. The van der Waals surface area contributed by atoms with Crippen molar-refractivity contribution < 1.29 is 25.8 Å². The summed E-state index contributed by atoms with van der Waals surface area (Å²) in [5.41, 5.74) is 15.2. The second-order valence-corrected chi connectivity index (χ2v) is 22.0. The van der Waals surface area contributed by atoms with Gasteiger partial charge in [0.2, 0.25) is 0 Å². The third-order valence-corrected chi connectivity index (χ3v) is 12.2. The zero-order chi connectivity index (χ0) is 49.4. The van der Waals surface area contributed by atoms with Crippen LogP contribution in [0.2, 0.25) is 0 Å². The van der Waals surface area contributed by atoms with Gasteiger partial charge in [0.25, 0.3) is 0 Å². The van der Waals surface area contributed by atoms with Crippen LogP contribution in [0.3, 0.4) is 0 Å². The Balaban J connectivity index is 0.000000329. The molecule has 0 saturated heterocycles. The molecular weight excluding hydrogens is 999 g/mol. The molecule has 0 bridgehead atoms. The van der Waals surface area contributed by atoms with Crippen molar-refractivity contribution in [2.24, 2.45) is 0 Å². The van der Waals surface area contributed by atoms with Gasteiger partial charge in [0.1, 0.15) is 0 Å². The molecule has 69 heavy (non-hydrogen) atoms. The van der Waals surface area contributed by atoms with E-state index in [1.165, 1.54) is 60.5 Å². The quantitative estimate of drug-likeness (QED) is 0.100. The van der Waals surface area contributed by atoms with Gasteiger partial charge in [-0.05, 0) is 106 Å². The average molecular weight is 1070 g/mol. The largest absolute Gasteiger partial charge is 4.00 e. The maximum absolute atomic E-state index is 5.23. The van der Waals surface area contributed by atoms with E-state index in [2.05, 4.69) is 176 Å². The Labute approximate surface area is 434 Å². The second-order valence-electron chi connectivity index (χ2n) is 22.0. The van der Waals surface area contributed by atoms with Gasteiger partial charge in [0.05, 0.1) is 0 Å².